The summed E-state index contributed by atoms with van der Waals surface area (Å²) < 4.78 is 0. The molecular formula is C26H36Cl2N4O2. The van der Waals surface area contributed by atoms with Crippen molar-refractivity contribution in [1.29, 1.82) is 0 Å². The lowest BCUT2D eigenvalue weighted by molar-refractivity contribution is 0.251. The van der Waals surface area contributed by atoms with Crippen molar-refractivity contribution in [2.45, 2.75) is 64.2 Å². The Morgan fingerprint density at radius 1 is 0.500 bits per heavy atom. The molecule has 0 atom stereocenters. The van der Waals surface area contributed by atoms with Crippen LogP contribution in [0, 0.1) is 0 Å². The molecule has 0 fully saturated rings. The van der Waals surface area contributed by atoms with E-state index >= 15 is 0 Å². The molecule has 4 amide bonds. The first-order valence-corrected chi connectivity index (χ1v) is 12.9. The van der Waals surface area contributed by atoms with Gasteiger partial charge in [0.1, 0.15) is 0 Å². The van der Waals surface area contributed by atoms with Crippen LogP contribution in [0.25, 0.3) is 0 Å². The molecule has 4 N–H and O–H groups in total. The summed E-state index contributed by atoms with van der Waals surface area (Å²) in [5.41, 5.74) is 1.47. The van der Waals surface area contributed by atoms with Crippen molar-refractivity contribution >= 4 is 46.6 Å². The van der Waals surface area contributed by atoms with Crippen LogP contribution in [0.15, 0.2) is 48.5 Å². The SMILES string of the molecule is O=C(NCCCCCCCCCCCCNC(=O)Nc1ccc(Cl)cc1)Nc1ccc(Cl)cc1. The third-order valence-electron chi connectivity index (χ3n) is 5.38. The smallest absolute Gasteiger partial charge is 0.319 e. The van der Waals surface area contributed by atoms with Crippen LogP contribution in [0.3, 0.4) is 0 Å². The van der Waals surface area contributed by atoms with E-state index in [1.165, 1.54) is 38.5 Å². The lowest BCUT2D eigenvalue weighted by Gasteiger charge is -2.08. The summed E-state index contributed by atoms with van der Waals surface area (Å²) in [4.78, 5) is 23.7. The molecule has 2 rings (SSSR count). The standard InChI is InChI=1S/C26H36Cl2N4O2/c27-21-11-15-23(16-12-21)31-25(33)29-19-9-7-5-3-1-2-4-6-8-10-20-30-26(34)32-24-17-13-22(28)14-18-24/h11-18H,1-10,19-20H2,(H2,29,31,33)(H2,30,32,34). The average Bonchev–Trinajstić information content (AvgIpc) is 2.82. The number of urea groups is 2. The van der Waals surface area contributed by atoms with E-state index in [1.807, 2.05) is 0 Å². The highest BCUT2D eigenvalue weighted by Crippen LogP contribution is 2.14. The highest BCUT2D eigenvalue weighted by molar-refractivity contribution is 6.30. The second kappa shape index (κ2) is 17.1. The minimum atomic E-state index is -0.181. The van der Waals surface area contributed by atoms with Crippen molar-refractivity contribution in [3.8, 4) is 0 Å². The molecule has 186 valence electrons. The van der Waals surface area contributed by atoms with E-state index in [-0.39, 0.29) is 12.1 Å². The zero-order chi connectivity index (χ0) is 24.4. The van der Waals surface area contributed by atoms with Gasteiger partial charge in [-0.15, -0.1) is 0 Å². The largest absolute Gasteiger partial charge is 0.338 e. The van der Waals surface area contributed by atoms with Crippen molar-refractivity contribution in [3.63, 3.8) is 0 Å². The molecule has 2 aromatic rings. The molecule has 0 aromatic heterocycles. The van der Waals surface area contributed by atoms with Crippen molar-refractivity contribution in [1.82, 2.24) is 10.6 Å². The lowest BCUT2D eigenvalue weighted by Crippen LogP contribution is -2.29. The minimum Gasteiger partial charge on any atom is -0.338 e. The molecule has 0 radical (unpaired) electrons. The molecule has 0 bridgehead atoms. The Morgan fingerprint density at radius 2 is 0.794 bits per heavy atom. The number of carbonyl (C=O) groups excluding carboxylic acids is 2. The first-order valence-electron chi connectivity index (χ1n) is 12.1. The molecule has 0 saturated heterocycles. The lowest BCUT2D eigenvalue weighted by atomic mass is 10.1. The van der Waals surface area contributed by atoms with Gasteiger partial charge in [0, 0.05) is 34.5 Å². The molecule has 6 nitrogen and oxygen atoms in total. The summed E-state index contributed by atoms with van der Waals surface area (Å²) in [5.74, 6) is 0. The minimum absolute atomic E-state index is 0.181. The Kier molecular flexibility index (Phi) is 14.0. The number of anilines is 2. The number of halogens is 2. The average molecular weight is 508 g/mol. The predicted molar refractivity (Wildman–Crippen MR) is 143 cm³/mol. The summed E-state index contributed by atoms with van der Waals surface area (Å²) >= 11 is 11.7. The molecule has 0 spiro atoms. The number of carbonyl (C=O) groups is 2. The third kappa shape index (κ3) is 13.3. The quantitative estimate of drug-likeness (QED) is 0.185. The summed E-state index contributed by atoms with van der Waals surface area (Å²) in [6, 6.07) is 13.8. The molecule has 0 aliphatic heterocycles. The zero-order valence-electron chi connectivity index (χ0n) is 19.7. The van der Waals surface area contributed by atoms with E-state index in [0.29, 0.717) is 23.1 Å². The van der Waals surface area contributed by atoms with E-state index in [4.69, 9.17) is 23.2 Å². The second-order valence-corrected chi connectivity index (χ2v) is 9.18. The Hall–Kier alpha value is -2.44. The first-order chi connectivity index (χ1) is 16.5. The van der Waals surface area contributed by atoms with E-state index in [0.717, 1.165) is 37.1 Å². The molecule has 0 saturated carbocycles. The van der Waals surface area contributed by atoms with Gasteiger partial charge in [0.25, 0.3) is 0 Å². The van der Waals surface area contributed by atoms with Crippen LogP contribution in [0.2, 0.25) is 10.0 Å². The van der Waals surface area contributed by atoms with Gasteiger partial charge in [-0.3, -0.25) is 0 Å². The number of rotatable bonds is 15. The van der Waals surface area contributed by atoms with Crippen LogP contribution < -0.4 is 21.3 Å². The Labute approximate surface area is 213 Å². The van der Waals surface area contributed by atoms with Crippen LogP contribution in [0.4, 0.5) is 21.0 Å². The van der Waals surface area contributed by atoms with Gasteiger partial charge in [0.2, 0.25) is 0 Å². The van der Waals surface area contributed by atoms with E-state index < -0.39 is 0 Å². The zero-order valence-corrected chi connectivity index (χ0v) is 21.2. The number of hydrogen-bond donors (Lipinski definition) is 4. The van der Waals surface area contributed by atoms with Gasteiger partial charge in [-0.1, -0.05) is 74.6 Å². The van der Waals surface area contributed by atoms with Crippen molar-refractivity contribution in [3.05, 3.63) is 58.6 Å². The molecule has 34 heavy (non-hydrogen) atoms. The fourth-order valence-corrected chi connectivity index (χ4v) is 3.74. The molecule has 8 heteroatoms. The van der Waals surface area contributed by atoms with E-state index in [9.17, 15) is 9.59 Å². The Balaban J connectivity index is 1.32. The molecule has 0 aliphatic carbocycles. The maximum atomic E-state index is 11.8. The van der Waals surface area contributed by atoms with Crippen molar-refractivity contribution < 1.29 is 9.59 Å². The summed E-state index contributed by atoms with van der Waals surface area (Å²) in [7, 11) is 0. The van der Waals surface area contributed by atoms with Gasteiger partial charge < -0.3 is 21.3 Å². The Bertz CT molecular complexity index is 773. The fourth-order valence-electron chi connectivity index (χ4n) is 3.49. The molecule has 0 heterocycles. The van der Waals surface area contributed by atoms with E-state index in [1.54, 1.807) is 48.5 Å². The van der Waals surface area contributed by atoms with E-state index in [2.05, 4.69) is 21.3 Å². The highest BCUT2D eigenvalue weighted by atomic mass is 35.5. The number of amides is 4. The van der Waals surface area contributed by atoms with Crippen LogP contribution in [0.1, 0.15) is 64.2 Å². The highest BCUT2D eigenvalue weighted by Gasteiger charge is 2.02. The van der Waals surface area contributed by atoms with Crippen molar-refractivity contribution in [2.75, 3.05) is 23.7 Å². The molecular weight excluding hydrogens is 471 g/mol. The first kappa shape index (κ1) is 27.8. The normalized spacial score (nSPS) is 10.5. The second-order valence-electron chi connectivity index (χ2n) is 8.31. The maximum Gasteiger partial charge on any atom is 0.319 e. The topological polar surface area (TPSA) is 82.3 Å². The maximum absolute atomic E-state index is 11.8. The van der Waals surface area contributed by atoms with Crippen molar-refractivity contribution in [2.24, 2.45) is 0 Å². The summed E-state index contributed by atoms with van der Waals surface area (Å²) in [6.45, 7) is 1.37. The number of nitrogens with one attached hydrogen (secondary N) is 4. The van der Waals surface area contributed by atoms with Gasteiger partial charge >= 0.3 is 12.1 Å². The molecule has 0 aliphatic rings. The third-order valence-corrected chi connectivity index (χ3v) is 5.88. The van der Waals surface area contributed by atoms with Gasteiger partial charge in [-0.25, -0.2) is 9.59 Å². The number of hydrogen-bond acceptors (Lipinski definition) is 2. The number of benzene rings is 2. The van der Waals surface area contributed by atoms with Gasteiger partial charge in [0.05, 0.1) is 0 Å². The van der Waals surface area contributed by atoms with Gasteiger partial charge in [0.15, 0.2) is 0 Å². The summed E-state index contributed by atoms with van der Waals surface area (Å²) in [6.07, 6.45) is 11.6. The monoisotopic (exact) mass is 506 g/mol. The van der Waals surface area contributed by atoms with Crippen LogP contribution >= 0.6 is 23.2 Å². The van der Waals surface area contributed by atoms with Gasteiger partial charge in [-0.05, 0) is 61.4 Å². The summed E-state index contributed by atoms with van der Waals surface area (Å²) in [5, 5.41) is 12.7. The number of unbranched alkanes of at least 4 members (excludes halogenated alkanes) is 9. The molecule has 0 unspecified atom stereocenters. The van der Waals surface area contributed by atoms with Crippen LogP contribution in [-0.2, 0) is 0 Å². The molecule has 2 aromatic carbocycles. The predicted octanol–water partition coefficient (Wildman–Crippen LogP) is 7.84. The Morgan fingerprint density at radius 3 is 1.12 bits per heavy atom. The van der Waals surface area contributed by atoms with Crippen LogP contribution in [-0.4, -0.2) is 25.2 Å². The van der Waals surface area contributed by atoms with Gasteiger partial charge in [-0.2, -0.15) is 0 Å². The van der Waals surface area contributed by atoms with Crippen LogP contribution in [0.5, 0.6) is 0 Å². The fraction of sp³-hybridized carbons (Fsp3) is 0.462.